The lowest BCUT2D eigenvalue weighted by Gasteiger charge is -2.36. The molecule has 0 aliphatic rings. The van der Waals surface area contributed by atoms with E-state index in [1.165, 1.54) is 12.8 Å². The largest absolute Gasteiger partial charge is 0.396 e. The van der Waals surface area contributed by atoms with Crippen molar-refractivity contribution in [1.82, 2.24) is 5.32 Å². The van der Waals surface area contributed by atoms with Gasteiger partial charge in [-0.05, 0) is 43.9 Å². The van der Waals surface area contributed by atoms with Crippen LogP contribution in [0.3, 0.4) is 0 Å². The third-order valence-electron chi connectivity index (χ3n) is 5.41. The quantitative estimate of drug-likeness (QED) is 0.602. The molecule has 0 aromatic carbocycles. The summed E-state index contributed by atoms with van der Waals surface area (Å²) in [5.41, 5.74) is -0.0618. The summed E-state index contributed by atoms with van der Waals surface area (Å²) in [6, 6.07) is 0. The van der Waals surface area contributed by atoms with Gasteiger partial charge in [0.2, 0.25) is 5.91 Å². The average Bonchev–Trinajstić information content (AvgIpc) is 2.50. The van der Waals surface area contributed by atoms with Crippen LogP contribution in [-0.2, 0) is 4.79 Å². The van der Waals surface area contributed by atoms with Crippen LogP contribution in [0, 0.1) is 17.8 Å². The van der Waals surface area contributed by atoms with Crippen molar-refractivity contribution in [1.29, 1.82) is 0 Å². The summed E-state index contributed by atoms with van der Waals surface area (Å²) in [4.78, 5) is 12.5. The molecule has 0 heterocycles. The molecule has 2 N–H and O–H groups in total. The van der Waals surface area contributed by atoms with Crippen LogP contribution in [0.5, 0.6) is 0 Å². The molecule has 0 aliphatic heterocycles. The molecule has 0 saturated heterocycles. The van der Waals surface area contributed by atoms with Crippen LogP contribution < -0.4 is 5.32 Å². The minimum Gasteiger partial charge on any atom is -0.396 e. The maximum Gasteiger partial charge on any atom is 0.223 e. The summed E-state index contributed by atoms with van der Waals surface area (Å²) in [5, 5.41) is 12.4. The summed E-state index contributed by atoms with van der Waals surface area (Å²) in [6.07, 6.45) is 6.06. The number of hydrogen-bond acceptors (Lipinski definition) is 2. The third kappa shape index (κ3) is 6.82. The molecule has 126 valence electrons. The molecule has 0 aromatic rings. The number of carbonyl (C=O) groups is 1. The van der Waals surface area contributed by atoms with Crippen molar-refractivity contribution in [3.63, 3.8) is 0 Å². The van der Waals surface area contributed by atoms with Crippen LogP contribution in [0.15, 0.2) is 0 Å². The van der Waals surface area contributed by atoms with Gasteiger partial charge in [-0.15, -0.1) is 0 Å². The Bertz CT molecular complexity index is 287. The fraction of sp³-hybridized carbons (Fsp3) is 0.944. The van der Waals surface area contributed by atoms with Crippen molar-refractivity contribution in [2.24, 2.45) is 17.8 Å². The highest BCUT2D eigenvalue weighted by molar-refractivity contribution is 5.79. The Kier molecular flexibility index (Phi) is 9.93. The van der Waals surface area contributed by atoms with E-state index in [-0.39, 0.29) is 29.9 Å². The molecule has 0 rings (SSSR count). The van der Waals surface area contributed by atoms with Crippen LogP contribution in [0.4, 0.5) is 0 Å². The predicted octanol–water partition coefficient (Wildman–Crippen LogP) is 4.14. The first-order valence-corrected chi connectivity index (χ1v) is 8.78. The number of carbonyl (C=O) groups excluding carboxylic acids is 1. The molecule has 0 aromatic heterocycles. The number of rotatable bonds is 11. The van der Waals surface area contributed by atoms with Gasteiger partial charge in [0, 0.05) is 18.1 Å². The zero-order valence-corrected chi connectivity index (χ0v) is 15.0. The highest BCUT2D eigenvalue weighted by Crippen LogP contribution is 2.26. The Morgan fingerprint density at radius 2 is 1.67 bits per heavy atom. The van der Waals surface area contributed by atoms with E-state index in [0.717, 1.165) is 19.3 Å². The van der Waals surface area contributed by atoms with Gasteiger partial charge in [-0.2, -0.15) is 0 Å². The van der Waals surface area contributed by atoms with Crippen LogP contribution in [0.1, 0.15) is 80.1 Å². The zero-order valence-electron chi connectivity index (χ0n) is 15.0. The van der Waals surface area contributed by atoms with Gasteiger partial charge in [0.1, 0.15) is 0 Å². The molecule has 0 spiro atoms. The summed E-state index contributed by atoms with van der Waals surface area (Å²) in [7, 11) is 0. The monoisotopic (exact) mass is 299 g/mol. The fourth-order valence-electron chi connectivity index (χ4n) is 2.66. The number of hydrogen-bond donors (Lipinski definition) is 2. The van der Waals surface area contributed by atoms with Gasteiger partial charge >= 0.3 is 0 Å². The molecule has 3 atom stereocenters. The van der Waals surface area contributed by atoms with E-state index in [0.29, 0.717) is 12.3 Å². The van der Waals surface area contributed by atoms with E-state index in [1.54, 1.807) is 0 Å². The van der Waals surface area contributed by atoms with Crippen molar-refractivity contribution >= 4 is 5.91 Å². The molecule has 0 aliphatic carbocycles. The first kappa shape index (κ1) is 20.4. The van der Waals surface area contributed by atoms with Crippen LogP contribution in [-0.4, -0.2) is 23.2 Å². The van der Waals surface area contributed by atoms with Gasteiger partial charge in [-0.25, -0.2) is 0 Å². The molecule has 0 bridgehead atoms. The minimum absolute atomic E-state index is 0.0433. The van der Waals surface area contributed by atoms with E-state index in [1.807, 2.05) is 13.8 Å². The first-order valence-electron chi connectivity index (χ1n) is 8.78. The molecule has 1 amide bonds. The Hall–Kier alpha value is -0.570. The second-order valence-corrected chi connectivity index (χ2v) is 6.81. The van der Waals surface area contributed by atoms with Gasteiger partial charge in [0.15, 0.2) is 0 Å². The van der Waals surface area contributed by atoms with Crippen molar-refractivity contribution in [2.45, 2.75) is 85.6 Å². The predicted molar refractivity (Wildman–Crippen MR) is 90.2 cm³/mol. The van der Waals surface area contributed by atoms with Crippen molar-refractivity contribution in [2.75, 3.05) is 6.61 Å². The Morgan fingerprint density at radius 1 is 1.10 bits per heavy atom. The molecule has 0 fully saturated rings. The second-order valence-electron chi connectivity index (χ2n) is 6.81. The maximum atomic E-state index is 12.5. The maximum absolute atomic E-state index is 12.5. The lowest BCUT2D eigenvalue weighted by molar-refractivity contribution is -0.128. The Labute approximate surface area is 131 Å². The van der Waals surface area contributed by atoms with Crippen LogP contribution >= 0.6 is 0 Å². The van der Waals surface area contributed by atoms with Crippen LogP contribution in [0.2, 0.25) is 0 Å². The fourth-order valence-corrected chi connectivity index (χ4v) is 2.66. The highest BCUT2D eigenvalue weighted by atomic mass is 16.3. The highest BCUT2D eigenvalue weighted by Gasteiger charge is 2.31. The zero-order chi connectivity index (χ0) is 16.5. The summed E-state index contributed by atoms with van der Waals surface area (Å²) >= 11 is 0. The second kappa shape index (κ2) is 10.2. The average molecular weight is 299 g/mol. The lowest BCUT2D eigenvalue weighted by atomic mass is 9.83. The third-order valence-corrected chi connectivity index (χ3v) is 5.41. The molecular formula is C18H37NO2. The van der Waals surface area contributed by atoms with E-state index in [2.05, 4.69) is 33.0 Å². The minimum atomic E-state index is -0.0618. The van der Waals surface area contributed by atoms with E-state index in [4.69, 9.17) is 5.11 Å². The van der Waals surface area contributed by atoms with Gasteiger partial charge in [0.25, 0.3) is 0 Å². The van der Waals surface area contributed by atoms with Crippen molar-refractivity contribution in [3.05, 3.63) is 0 Å². The van der Waals surface area contributed by atoms with E-state index in [9.17, 15) is 4.79 Å². The normalized spacial score (nSPS) is 16.3. The van der Waals surface area contributed by atoms with Crippen LogP contribution in [0.25, 0.3) is 0 Å². The van der Waals surface area contributed by atoms with E-state index < -0.39 is 0 Å². The molecule has 0 saturated carbocycles. The molecule has 21 heavy (non-hydrogen) atoms. The molecule has 0 radical (unpaired) electrons. The Morgan fingerprint density at radius 3 is 2.10 bits per heavy atom. The van der Waals surface area contributed by atoms with Gasteiger partial charge in [-0.1, -0.05) is 48.0 Å². The number of aliphatic hydroxyl groups excluding tert-OH is 1. The van der Waals surface area contributed by atoms with Gasteiger partial charge in [0.05, 0.1) is 0 Å². The smallest absolute Gasteiger partial charge is 0.223 e. The molecule has 3 unspecified atom stereocenters. The van der Waals surface area contributed by atoms with Gasteiger partial charge in [-0.3, -0.25) is 4.79 Å². The number of amides is 1. The SMILES string of the molecule is CCC(C)CCC(CC)(CC)NC(=O)C(C)C(C)CCO. The summed E-state index contributed by atoms with van der Waals surface area (Å²) in [6.45, 7) is 13.0. The topological polar surface area (TPSA) is 49.3 Å². The number of nitrogens with one attached hydrogen (secondary N) is 1. The van der Waals surface area contributed by atoms with Crippen molar-refractivity contribution < 1.29 is 9.90 Å². The Balaban J connectivity index is 4.70. The lowest BCUT2D eigenvalue weighted by Crippen LogP contribution is -2.50. The number of aliphatic hydroxyl groups is 1. The summed E-state index contributed by atoms with van der Waals surface area (Å²) in [5.74, 6) is 1.03. The molecule has 3 nitrogen and oxygen atoms in total. The standard InChI is InChI=1S/C18H37NO2/c1-7-14(4)10-12-18(8-2,9-3)19-17(21)16(6)15(5)11-13-20/h14-16,20H,7-13H2,1-6H3,(H,19,21). The first-order chi connectivity index (χ1) is 9.85. The molecule has 3 heteroatoms. The summed E-state index contributed by atoms with van der Waals surface area (Å²) < 4.78 is 0. The van der Waals surface area contributed by atoms with Gasteiger partial charge < -0.3 is 10.4 Å². The van der Waals surface area contributed by atoms with Crippen molar-refractivity contribution in [3.8, 4) is 0 Å². The van der Waals surface area contributed by atoms with E-state index >= 15 is 0 Å². The molecular weight excluding hydrogens is 262 g/mol.